The van der Waals surface area contributed by atoms with Gasteiger partial charge in [0.15, 0.2) is 5.13 Å². The maximum atomic E-state index is 13.1. The fourth-order valence-corrected chi connectivity index (χ4v) is 4.21. The highest BCUT2D eigenvalue weighted by atomic mass is 35.5. The molecular weight excluding hydrogens is 448 g/mol. The number of likely N-dealkylation sites (N-methyl/N-ethyl adjacent to an activating group) is 1. The van der Waals surface area contributed by atoms with E-state index in [4.69, 9.17) is 34.8 Å². The molecule has 144 valence electrons. The van der Waals surface area contributed by atoms with Crippen LogP contribution < -0.4 is 4.90 Å². The van der Waals surface area contributed by atoms with E-state index in [9.17, 15) is 4.79 Å². The lowest BCUT2D eigenvalue weighted by atomic mass is 10.2. The van der Waals surface area contributed by atoms with Gasteiger partial charge in [-0.3, -0.25) is 9.69 Å². The van der Waals surface area contributed by atoms with E-state index in [0.29, 0.717) is 38.9 Å². The van der Waals surface area contributed by atoms with Crippen molar-refractivity contribution in [3.8, 4) is 0 Å². The fraction of sp³-hybridized carbons (Fsp3) is 0.222. The number of anilines is 1. The van der Waals surface area contributed by atoms with E-state index >= 15 is 0 Å². The third kappa shape index (κ3) is 5.47. The van der Waals surface area contributed by atoms with Crippen LogP contribution in [-0.4, -0.2) is 43.0 Å². The molecule has 3 aromatic rings. The average molecular weight is 465 g/mol. The lowest BCUT2D eigenvalue weighted by Gasteiger charge is -2.22. The molecule has 9 heteroatoms. The number of thiazole rings is 1. The third-order valence-electron chi connectivity index (χ3n) is 3.70. The van der Waals surface area contributed by atoms with Gasteiger partial charge < -0.3 is 4.90 Å². The summed E-state index contributed by atoms with van der Waals surface area (Å²) in [6, 6.07) is 10.3. The maximum Gasteiger partial charge on any atom is 0.260 e. The molecule has 1 amide bonds. The first kappa shape index (κ1) is 22.2. The van der Waals surface area contributed by atoms with Crippen LogP contribution in [-0.2, 0) is 0 Å². The van der Waals surface area contributed by atoms with Gasteiger partial charge in [-0.1, -0.05) is 46.1 Å². The summed E-state index contributed by atoms with van der Waals surface area (Å²) < 4.78 is 0.930. The summed E-state index contributed by atoms with van der Waals surface area (Å²) in [4.78, 5) is 21.4. The Hall–Kier alpha value is -1.08. The summed E-state index contributed by atoms with van der Waals surface area (Å²) in [6.45, 7) is 1.18. The monoisotopic (exact) mass is 463 g/mol. The quantitative estimate of drug-likeness (QED) is 0.472. The Kier molecular flexibility index (Phi) is 7.74. The summed E-state index contributed by atoms with van der Waals surface area (Å²) in [7, 11) is 3.91. The number of halogens is 4. The van der Waals surface area contributed by atoms with Gasteiger partial charge in [-0.25, -0.2) is 4.98 Å². The number of hydrogen-bond acceptors (Lipinski definition) is 4. The summed E-state index contributed by atoms with van der Waals surface area (Å²) in [5, 5.41) is 2.10. The van der Waals surface area contributed by atoms with Gasteiger partial charge in [-0.15, -0.1) is 12.4 Å². The van der Waals surface area contributed by atoms with Crippen LogP contribution in [0.4, 0.5) is 5.13 Å². The molecule has 0 saturated carbocycles. The smallest absolute Gasteiger partial charge is 0.260 e. The first-order valence-electron chi connectivity index (χ1n) is 7.82. The number of benzene rings is 2. The van der Waals surface area contributed by atoms with Crippen LogP contribution in [0.15, 0.2) is 36.4 Å². The minimum Gasteiger partial charge on any atom is -0.308 e. The molecule has 0 fully saturated rings. The lowest BCUT2D eigenvalue weighted by Crippen LogP contribution is -2.36. The van der Waals surface area contributed by atoms with E-state index in [0.717, 1.165) is 10.2 Å². The number of hydrogen-bond donors (Lipinski definition) is 0. The fourth-order valence-electron chi connectivity index (χ4n) is 2.42. The first-order valence-corrected chi connectivity index (χ1v) is 9.77. The van der Waals surface area contributed by atoms with Crippen molar-refractivity contribution in [1.82, 2.24) is 9.88 Å². The van der Waals surface area contributed by atoms with Gasteiger partial charge in [-0.05, 0) is 50.5 Å². The molecule has 3 rings (SSSR count). The Morgan fingerprint density at radius 1 is 1.00 bits per heavy atom. The molecule has 2 aromatic carbocycles. The first-order chi connectivity index (χ1) is 12.3. The Morgan fingerprint density at radius 3 is 2.30 bits per heavy atom. The van der Waals surface area contributed by atoms with Crippen molar-refractivity contribution in [2.45, 2.75) is 0 Å². The summed E-state index contributed by atoms with van der Waals surface area (Å²) in [5.74, 6) is -0.193. The average Bonchev–Trinajstić information content (AvgIpc) is 2.96. The summed E-state index contributed by atoms with van der Waals surface area (Å²) >= 11 is 19.6. The zero-order chi connectivity index (χ0) is 18.8. The molecule has 0 aliphatic carbocycles. The molecule has 0 saturated heterocycles. The van der Waals surface area contributed by atoms with Gasteiger partial charge in [0.1, 0.15) is 0 Å². The van der Waals surface area contributed by atoms with Crippen molar-refractivity contribution < 1.29 is 4.79 Å². The van der Waals surface area contributed by atoms with E-state index in [1.165, 1.54) is 11.3 Å². The van der Waals surface area contributed by atoms with Crippen molar-refractivity contribution in [3.63, 3.8) is 0 Å². The molecule has 1 heterocycles. The highest BCUT2D eigenvalue weighted by Crippen LogP contribution is 2.32. The van der Waals surface area contributed by atoms with Crippen LogP contribution in [0, 0.1) is 0 Å². The molecule has 0 unspecified atom stereocenters. The van der Waals surface area contributed by atoms with Crippen LogP contribution in [0.1, 0.15) is 10.4 Å². The molecular formula is C18H17Cl4N3OS. The standard InChI is InChI=1S/C18H16Cl3N3OS.ClH/c1-23(2)5-6-24(17(25)11-7-13(20)9-14(21)8-11)18-22-15-4-3-12(19)10-16(15)26-18;/h3-4,7-10H,5-6H2,1-2H3;1H. The zero-order valence-electron chi connectivity index (χ0n) is 14.6. The number of rotatable bonds is 5. The minimum absolute atomic E-state index is 0. The second-order valence-electron chi connectivity index (χ2n) is 6.03. The molecule has 0 aliphatic rings. The van der Waals surface area contributed by atoms with Gasteiger partial charge in [0, 0.05) is 33.7 Å². The third-order valence-corrected chi connectivity index (χ3v) is 5.41. The van der Waals surface area contributed by atoms with E-state index < -0.39 is 0 Å². The summed E-state index contributed by atoms with van der Waals surface area (Å²) in [6.07, 6.45) is 0. The molecule has 0 bridgehead atoms. The van der Waals surface area contributed by atoms with Crippen molar-refractivity contribution in [1.29, 1.82) is 0 Å². The van der Waals surface area contributed by atoms with E-state index in [2.05, 4.69) is 4.98 Å². The topological polar surface area (TPSA) is 36.4 Å². The van der Waals surface area contributed by atoms with E-state index in [1.807, 2.05) is 31.1 Å². The van der Waals surface area contributed by atoms with Gasteiger partial charge in [0.2, 0.25) is 0 Å². The molecule has 0 radical (unpaired) electrons. The van der Waals surface area contributed by atoms with E-state index in [1.54, 1.807) is 29.2 Å². The number of amides is 1. The number of nitrogens with zero attached hydrogens (tertiary/aromatic N) is 3. The Balaban J connectivity index is 0.00000261. The Morgan fingerprint density at radius 2 is 1.67 bits per heavy atom. The lowest BCUT2D eigenvalue weighted by molar-refractivity contribution is 0.0985. The number of aromatic nitrogens is 1. The predicted octanol–water partition coefficient (Wildman–Crippen LogP) is 5.89. The zero-order valence-corrected chi connectivity index (χ0v) is 18.5. The number of fused-ring (bicyclic) bond motifs is 1. The van der Waals surface area contributed by atoms with Crippen LogP contribution in [0.5, 0.6) is 0 Å². The van der Waals surface area contributed by atoms with Crippen molar-refractivity contribution in [2.24, 2.45) is 0 Å². The number of carbonyl (C=O) groups is 1. The normalized spacial score (nSPS) is 10.9. The highest BCUT2D eigenvalue weighted by molar-refractivity contribution is 7.22. The predicted molar refractivity (Wildman–Crippen MR) is 119 cm³/mol. The molecule has 0 aliphatic heterocycles. The molecule has 4 nitrogen and oxygen atoms in total. The second-order valence-corrected chi connectivity index (χ2v) is 8.35. The molecule has 0 spiro atoms. The molecule has 0 N–H and O–H groups in total. The van der Waals surface area contributed by atoms with Crippen LogP contribution in [0.2, 0.25) is 15.1 Å². The molecule has 27 heavy (non-hydrogen) atoms. The Labute approximate surface area is 183 Å². The Bertz CT molecular complexity index is 941. The van der Waals surface area contributed by atoms with Crippen molar-refractivity contribution in [2.75, 3.05) is 32.1 Å². The molecule has 1 aromatic heterocycles. The van der Waals surface area contributed by atoms with Gasteiger partial charge in [0.25, 0.3) is 5.91 Å². The second kappa shape index (κ2) is 9.41. The van der Waals surface area contributed by atoms with Crippen molar-refractivity contribution >= 4 is 79.8 Å². The van der Waals surface area contributed by atoms with Crippen LogP contribution in [0.3, 0.4) is 0 Å². The largest absolute Gasteiger partial charge is 0.308 e. The maximum absolute atomic E-state index is 13.1. The highest BCUT2D eigenvalue weighted by Gasteiger charge is 2.22. The minimum atomic E-state index is -0.193. The van der Waals surface area contributed by atoms with Crippen molar-refractivity contribution in [3.05, 3.63) is 57.0 Å². The summed E-state index contributed by atoms with van der Waals surface area (Å²) in [5.41, 5.74) is 1.24. The van der Waals surface area contributed by atoms with E-state index in [-0.39, 0.29) is 18.3 Å². The van der Waals surface area contributed by atoms with Crippen LogP contribution in [0.25, 0.3) is 10.2 Å². The van der Waals surface area contributed by atoms with Crippen LogP contribution >= 0.6 is 58.5 Å². The van der Waals surface area contributed by atoms with Gasteiger partial charge in [0.05, 0.1) is 10.2 Å². The molecule has 0 atom stereocenters. The SMILES string of the molecule is CN(C)CCN(C(=O)c1cc(Cl)cc(Cl)c1)c1nc2ccc(Cl)cc2s1.Cl. The van der Waals surface area contributed by atoms with Gasteiger partial charge >= 0.3 is 0 Å². The van der Waals surface area contributed by atoms with Gasteiger partial charge in [-0.2, -0.15) is 0 Å². The number of carbonyl (C=O) groups excluding carboxylic acids is 1.